The van der Waals surface area contributed by atoms with Gasteiger partial charge in [0, 0.05) is 16.5 Å². The van der Waals surface area contributed by atoms with Crippen molar-refractivity contribution in [2.45, 2.75) is 44.3 Å². The Morgan fingerprint density at radius 1 is 1.41 bits per heavy atom. The third-order valence-corrected chi connectivity index (χ3v) is 4.53. The lowest BCUT2D eigenvalue weighted by Crippen LogP contribution is -2.38. The lowest BCUT2D eigenvalue weighted by Gasteiger charge is -2.38. The third kappa shape index (κ3) is 2.00. The largest absolute Gasteiger partial charge is 0.487 e. The Morgan fingerprint density at radius 3 is 2.94 bits per heavy atom. The molecule has 3 atom stereocenters. The highest BCUT2D eigenvalue weighted by Crippen LogP contribution is 2.49. The van der Waals surface area contributed by atoms with Crippen LogP contribution < -0.4 is 4.74 Å². The number of benzene rings is 1. The Bertz CT molecular complexity index is 446. The minimum absolute atomic E-state index is 0.118. The highest BCUT2D eigenvalue weighted by Gasteiger charge is 2.44. The van der Waals surface area contributed by atoms with Gasteiger partial charge in [0.05, 0.1) is 6.10 Å². The van der Waals surface area contributed by atoms with Gasteiger partial charge in [0.1, 0.15) is 11.4 Å². The zero-order valence-corrected chi connectivity index (χ0v) is 11.5. The lowest BCUT2D eigenvalue weighted by atomic mass is 9.87. The van der Waals surface area contributed by atoms with Crippen LogP contribution in [0.4, 0.5) is 0 Å². The number of hydrogen-bond donors (Lipinski definition) is 1. The zero-order chi connectivity index (χ0) is 12.0. The van der Waals surface area contributed by atoms with Gasteiger partial charge in [-0.3, -0.25) is 0 Å². The molecular weight excluding hydrogens is 280 g/mol. The molecule has 2 nitrogen and oxygen atoms in total. The van der Waals surface area contributed by atoms with Crippen molar-refractivity contribution in [3.63, 3.8) is 0 Å². The number of halogens is 1. The summed E-state index contributed by atoms with van der Waals surface area (Å²) in [6.07, 6.45) is 3.70. The van der Waals surface area contributed by atoms with Crippen LogP contribution in [-0.4, -0.2) is 10.7 Å². The molecule has 1 spiro atoms. The molecule has 1 fully saturated rings. The van der Waals surface area contributed by atoms with Gasteiger partial charge in [0.15, 0.2) is 0 Å². The van der Waals surface area contributed by atoms with Crippen LogP contribution >= 0.6 is 15.9 Å². The minimum Gasteiger partial charge on any atom is -0.487 e. The topological polar surface area (TPSA) is 29.5 Å². The van der Waals surface area contributed by atoms with Crippen LogP contribution in [0, 0.1) is 5.92 Å². The molecule has 3 heteroatoms. The fourth-order valence-corrected chi connectivity index (χ4v) is 3.58. The molecule has 0 amide bonds. The smallest absolute Gasteiger partial charge is 0.127 e. The molecule has 92 valence electrons. The first-order valence-electron chi connectivity index (χ1n) is 6.24. The molecule has 1 aliphatic heterocycles. The minimum atomic E-state index is -0.378. The lowest BCUT2D eigenvalue weighted by molar-refractivity contribution is -0.0116. The number of fused-ring (bicyclic) bond motifs is 1. The van der Waals surface area contributed by atoms with Crippen LogP contribution in [0.25, 0.3) is 0 Å². The van der Waals surface area contributed by atoms with Gasteiger partial charge in [0.2, 0.25) is 0 Å². The second kappa shape index (κ2) is 3.99. The van der Waals surface area contributed by atoms with Crippen molar-refractivity contribution >= 4 is 15.9 Å². The molecule has 3 rings (SSSR count). The molecule has 0 aromatic heterocycles. The number of aliphatic hydroxyl groups excluding tert-OH is 1. The fraction of sp³-hybridized carbons (Fsp3) is 0.571. The summed E-state index contributed by atoms with van der Waals surface area (Å²) < 4.78 is 7.22. The van der Waals surface area contributed by atoms with E-state index < -0.39 is 0 Å². The average molecular weight is 297 g/mol. The normalized spacial score (nSPS) is 35.7. The predicted molar refractivity (Wildman–Crippen MR) is 70.1 cm³/mol. The Morgan fingerprint density at radius 2 is 2.24 bits per heavy atom. The quantitative estimate of drug-likeness (QED) is 0.788. The van der Waals surface area contributed by atoms with Crippen LogP contribution in [0.1, 0.15) is 44.3 Å². The first-order chi connectivity index (χ1) is 8.08. The monoisotopic (exact) mass is 296 g/mol. The summed E-state index contributed by atoms with van der Waals surface area (Å²) in [5, 5.41) is 10.3. The number of hydrogen-bond acceptors (Lipinski definition) is 2. The van der Waals surface area contributed by atoms with Crippen molar-refractivity contribution in [1.29, 1.82) is 0 Å². The van der Waals surface area contributed by atoms with Gasteiger partial charge in [-0.15, -0.1) is 0 Å². The molecule has 0 bridgehead atoms. The van der Waals surface area contributed by atoms with Crippen LogP contribution in [-0.2, 0) is 0 Å². The standard InChI is InChI=1S/C14H17BrO2/c1-9-4-5-14(7-9)8-12(16)11-3-2-10(15)6-13(11)17-14/h2-3,6,9,12,16H,4-5,7-8H2,1H3. The number of rotatable bonds is 0. The molecule has 0 saturated heterocycles. The Hall–Kier alpha value is -0.540. The molecular formula is C14H17BrO2. The van der Waals surface area contributed by atoms with Crippen LogP contribution in [0.5, 0.6) is 5.75 Å². The summed E-state index contributed by atoms with van der Waals surface area (Å²) in [6, 6.07) is 5.89. The maximum atomic E-state index is 10.3. The van der Waals surface area contributed by atoms with Crippen LogP contribution in [0.2, 0.25) is 0 Å². The van der Waals surface area contributed by atoms with Gasteiger partial charge in [-0.05, 0) is 37.3 Å². The molecule has 1 saturated carbocycles. The number of ether oxygens (including phenoxy) is 1. The molecule has 2 aliphatic rings. The first-order valence-corrected chi connectivity index (χ1v) is 7.04. The summed E-state index contributed by atoms with van der Waals surface area (Å²) in [6.45, 7) is 2.26. The summed E-state index contributed by atoms with van der Waals surface area (Å²) in [4.78, 5) is 0. The summed E-state index contributed by atoms with van der Waals surface area (Å²) in [7, 11) is 0. The van der Waals surface area contributed by atoms with Gasteiger partial charge in [0.25, 0.3) is 0 Å². The van der Waals surface area contributed by atoms with E-state index in [1.54, 1.807) is 0 Å². The summed E-state index contributed by atoms with van der Waals surface area (Å²) in [5.74, 6) is 1.56. The van der Waals surface area contributed by atoms with E-state index in [2.05, 4.69) is 22.9 Å². The van der Waals surface area contributed by atoms with Crippen LogP contribution in [0.15, 0.2) is 22.7 Å². The zero-order valence-electron chi connectivity index (χ0n) is 9.95. The van der Waals surface area contributed by atoms with Gasteiger partial charge < -0.3 is 9.84 Å². The highest BCUT2D eigenvalue weighted by atomic mass is 79.9. The van der Waals surface area contributed by atoms with Crippen molar-refractivity contribution < 1.29 is 9.84 Å². The molecule has 1 heterocycles. The molecule has 1 aliphatic carbocycles. The Kier molecular flexibility index (Phi) is 2.71. The maximum Gasteiger partial charge on any atom is 0.127 e. The van der Waals surface area contributed by atoms with Gasteiger partial charge in [-0.2, -0.15) is 0 Å². The van der Waals surface area contributed by atoms with E-state index in [9.17, 15) is 5.11 Å². The van der Waals surface area contributed by atoms with Crippen molar-refractivity contribution in [2.75, 3.05) is 0 Å². The summed E-state index contributed by atoms with van der Waals surface area (Å²) in [5.41, 5.74) is 0.811. The molecule has 0 radical (unpaired) electrons. The Labute approximate surface area is 110 Å². The van der Waals surface area contributed by atoms with Crippen molar-refractivity contribution in [3.8, 4) is 5.75 Å². The van der Waals surface area contributed by atoms with E-state index in [0.29, 0.717) is 5.92 Å². The number of aliphatic hydroxyl groups is 1. The second-order valence-corrected chi connectivity index (χ2v) is 6.45. The SMILES string of the molecule is CC1CCC2(C1)CC(O)c1ccc(Br)cc1O2. The maximum absolute atomic E-state index is 10.3. The van der Waals surface area contributed by atoms with E-state index in [-0.39, 0.29) is 11.7 Å². The van der Waals surface area contributed by atoms with Gasteiger partial charge in [-0.1, -0.05) is 28.9 Å². The molecule has 1 N–H and O–H groups in total. The van der Waals surface area contributed by atoms with Crippen molar-refractivity contribution in [3.05, 3.63) is 28.2 Å². The third-order valence-electron chi connectivity index (χ3n) is 4.04. The second-order valence-electron chi connectivity index (χ2n) is 5.54. The molecule has 17 heavy (non-hydrogen) atoms. The summed E-state index contributed by atoms with van der Waals surface area (Å²) >= 11 is 3.46. The molecule has 1 aromatic carbocycles. The van der Waals surface area contributed by atoms with Gasteiger partial charge >= 0.3 is 0 Å². The van der Waals surface area contributed by atoms with Gasteiger partial charge in [-0.25, -0.2) is 0 Å². The predicted octanol–water partition coefficient (Wildman–Crippen LogP) is 3.82. The van der Waals surface area contributed by atoms with E-state index in [4.69, 9.17) is 4.74 Å². The van der Waals surface area contributed by atoms with E-state index in [1.165, 1.54) is 6.42 Å². The fourth-order valence-electron chi connectivity index (χ4n) is 3.24. The Balaban J connectivity index is 1.97. The molecule has 3 unspecified atom stereocenters. The first kappa shape index (κ1) is 11.5. The highest BCUT2D eigenvalue weighted by molar-refractivity contribution is 9.10. The van der Waals surface area contributed by atoms with Crippen molar-refractivity contribution in [2.24, 2.45) is 5.92 Å². The van der Waals surface area contributed by atoms with E-state index in [1.807, 2.05) is 18.2 Å². The average Bonchev–Trinajstić information content (AvgIpc) is 2.58. The van der Waals surface area contributed by atoms with E-state index in [0.717, 1.165) is 35.0 Å². The molecule has 1 aromatic rings. The van der Waals surface area contributed by atoms with Crippen molar-refractivity contribution in [1.82, 2.24) is 0 Å². The van der Waals surface area contributed by atoms with Crippen LogP contribution in [0.3, 0.4) is 0 Å². The van der Waals surface area contributed by atoms with E-state index >= 15 is 0 Å².